The third-order valence-corrected chi connectivity index (χ3v) is 6.22. The van der Waals surface area contributed by atoms with Gasteiger partial charge in [-0.3, -0.25) is 4.79 Å². The summed E-state index contributed by atoms with van der Waals surface area (Å²) in [5.74, 6) is 0.265. The second kappa shape index (κ2) is 17.1. The van der Waals surface area contributed by atoms with Gasteiger partial charge >= 0.3 is 0 Å². The van der Waals surface area contributed by atoms with Crippen LogP contribution in [-0.2, 0) is 25.7 Å². The minimum Gasteiger partial charge on any atom is -0.385 e. The third-order valence-electron chi connectivity index (χ3n) is 5.02. The summed E-state index contributed by atoms with van der Waals surface area (Å²) in [6, 6.07) is 8.12. The Morgan fingerprint density at radius 1 is 1.22 bits per heavy atom. The predicted octanol–water partition coefficient (Wildman–Crippen LogP) is 5.42. The SMILES string of the molecule is C=O.C=O.CCCOC.Cc1cc(CNC(=O)C(C)c2nc3ccc(C4=CCCC=C4)cc3s2)on1. The number of hydrogen-bond acceptors (Lipinski definition) is 8. The molecule has 36 heavy (non-hydrogen) atoms. The molecule has 0 radical (unpaired) electrons. The summed E-state index contributed by atoms with van der Waals surface area (Å²) >= 11 is 1.58. The topological polar surface area (TPSA) is 111 Å². The maximum atomic E-state index is 12.5. The molecule has 1 amide bonds. The zero-order valence-corrected chi connectivity index (χ0v) is 22.2. The monoisotopic (exact) mass is 513 g/mol. The fraction of sp³-hybridized carbons (Fsp3) is 0.370. The number of rotatable bonds is 7. The smallest absolute Gasteiger partial charge is 0.230 e. The lowest BCUT2D eigenvalue weighted by Crippen LogP contribution is -2.27. The van der Waals surface area contributed by atoms with Crippen LogP contribution in [0, 0.1) is 6.92 Å². The molecular formula is C27H35N3O5S. The van der Waals surface area contributed by atoms with Crippen molar-refractivity contribution in [1.82, 2.24) is 15.5 Å². The average molecular weight is 514 g/mol. The molecule has 1 aliphatic rings. The fourth-order valence-corrected chi connectivity index (χ4v) is 4.34. The zero-order chi connectivity index (χ0) is 26.9. The Kier molecular flexibility index (Phi) is 14.5. The quantitative estimate of drug-likeness (QED) is 0.449. The van der Waals surface area contributed by atoms with Crippen LogP contribution in [0.2, 0.25) is 0 Å². The van der Waals surface area contributed by atoms with Crippen molar-refractivity contribution < 1.29 is 23.6 Å². The van der Waals surface area contributed by atoms with Gasteiger partial charge in [0.05, 0.1) is 28.4 Å². The summed E-state index contributed by atoms with van der Waals surface area (Å²) in [6.45, 7) is 11.0. The predicted molar refractivity (Wildman–Crippen MR) is 144 cm³/mol. The molecule has 4 rings (SSSR count). The number of methoxy groups -OCH3 is 1. The molecule has 194 valence electrons. The highest BCUT2D eigenvalue weighted by molar-refractivity contribution is 7.18. The number of fused-ring (bicyclic) bond motifs is 1. The van der Waals surface area contributed by atoms with E-state index >= 15 is 0 Å². The standard InChI is InChI=1S/C21H21N3O2S.C4H10O.2CH2O/c1-13-10-17(26-24-13)12-22-20(25)14(2)21-23-18-9-8-16(11-19(18)27-21)15-6-4-3-5-7-15;1-3-4-5-2;2*1-2/h4,6-11,14H,3,5,12H2,1-2H3,(H,22,25);3-4H2,1-2H3;2*1H2. The normalized spacial score (nSPS) is 12.6. The highest BCUT2D eigenvalue weighted by atomic mass is 32.1. The molecule has 0 aliphatic heterocycles. The minimum absolute atomic E-state index is 0.0683. The van der Waals surface area contributed by atoms with Gasteiger partial charge in [0, 0.05) is 19.8 Å². The van der Waals surface area contributed by atoms with Crippen molar-refractivity contribution in [1.29, 1.82) is 0 Å². The van der Waals surface area contributed by atoms with E-state index in [1.54, 1.807) is 18.4 Å². The lowest BCUT2D eigenvalue weighted by molar-refractivity contribution is -0.122. The molecular weight excluding hydrogens is 478 g/mol. The fourth-order valence-electron chi connectivity index (χ4n) is 3.28. The minimum atomic E-state index is -0.316. The third kappa shape index (κ3) is 9.31. The van der Waals surface area contributed by atoms with E-state index in [2.05, 4.69) is 52.7 Å². The maximum Gasteiger partial charge on any atom is 0.230 e. The van der Waals surface area contributed by atoms with Crippen molar-refractivity contribution in [2.75, 3.05) is 13.7 Å². The van der Waals surface area contributed by atoms with Crippen LogP contribution in [0.15, 0.2) is 47.0 Å². The summed E-state index contributed by atoms with van der Waals surface area (Å²) in [5, 5.41) is 7.54. The number of aromatic nitrogens is 2. The van der Waals surface area contributed by atoms with Crippen molar-refractivity contribution in [3.8, 4) is 0 Å². The van der Waals surface area contributed by atoms with E-state index in [-0.39, 0.29) is 11.8 Å². The van der Waals surface area contributed by atoms with Gasteiger partial charge in [-0.2, -0.15) is 0 Å². The summed E-state index contributed by atoms with van der Waals surface area (Å²) in [4.78, 5) is 33.2. The Morgan fingerprint density at radius 2 is 1.97 bits per heavy atom. The van der Waals surface area contributed by atoms with Gasteiger partial charge in [-0.25, -0.2) is 4.98 Å². The highest BCUT2D eigenvalue weighted by Crippen LogP contribution is 2.31. The number of carbonyl (C=O) groups excluding carboxylic acids is 3. The number of hydrogen-bond donors (Lipinski definition) is 1. The van der Waals surface area contributed by atoms with Crippen LogP contribution in [0.5, 0.6) is 0 Å². The first kappa shape index (κ1) is 30.6. The van der Waals surface area contributed by atoms with Crippen LogP contribution >= 0.6 is 11.3 Å². The number of nitrogens with zero attached hydrogens (tertiary/aromatic N) is 2. The summed E-state index contributed by atoms with van der Waals surface area (Å²) in [7, 11) is 1.71. The summed E-state index contributed by atoms with van der Waals surface area (Å²) < 4.78 is 10.9. The number of benzene rings is 1. The first-order valence-corrected chi connectivity index (χ1v) is 12.4. The number of allylic oxidation sites excluding steroid dienone is 4. The maximum absolute atomic E-state index is 12.5. The number of nitrogens with one attached hydrogen (secondary N) is 1. The Labute approximate surface area is 216 Å². The van der Waals surface area contributed by atoms with Crippen LogP contribution in [0.1, 0.15) is 61.1 Å². The molecule has 0 bridgehead atoms. The van der Waals surface area contributed by atoms with Crippen molar-refractivity contribution in [2.24, 2.45) is 0 Å². The van der Waals surface area contributed by atoms with E-state index < -0.39 is 0 Å². The first-order chi connectivity index (χ1) is 17.5. The average Bonchev–Trinajstić information content (AvgIpc) is 3.56. The molecule has 2 aromatic heterocycles. The largest absolute Gasteiger partial charge is 0.385 e. The van der Waals surface area contributed by atoms with Crippen molar-refractivity contribution >= 4 is 46.6 Å². The van der Waals surface area contributed by atoms with E-state index in [0.717, 1.165) is 46.8 Å². The molecule has 9 heteroatoms. The van der Waals surface area contributed by atoms with E-state index in [4.69, 9.17) is 18.8 Å². The lowest BCUT2D eigenvalue weighted by atomic mass is 10.00. The number of carbonyl (C=O) groups is 3. The van der Waals surface area contributed by atoms with Crippen molar-refractivity contribution in [2.45, 2.75) is 52.5 Å². The van der Waals surface area contributed by atoms with Crippen LogP contribution in [0.4, 0.5) is 0 Å². The molecule has 2 heterocycles. The highest BCUT2D eigenvalue weighted by Gasteiger charge is 2.20. The number of ether oxygens (including phenoxy) is 1. The zero-order valence-electron chi connectivity index (χ0n) is 21.4. The van der Waals surface area contributed by atoms with Crippen LogP contribution < -0.4 is 5.32 Å². The van der Waals surface area contributed by atoms with Gasteiger partial charge in [0.15, 0.2) is 5.76 Å². The summed E-state index contributed by atoms with van der Waals surface area (Å²) in [6.07, 6.45) is 9.96. The first-order valence-electron chi connectivity index (χ1n) is 11.6. The molecule has 8 nitrogen and oxygen atoms in total. The molecule has 1 unspecified atom stereocenters. The van der Waals surface area contributed by atoms with Gasteiger partial charge in [0.2, 0.25) is 5.91 Å². The molecule has 0 spiro atoms. The molecule has 1 N–H and O–H groups in total. The molecule has 0 fully saturated rings. The van der Waals surface area contributed by atoms with Gasteiger partial charge in [0.25, 0.3) is 0 Å². The second-order valence-electron chi connectivity index (χ2n) is 7.74. The van der Waals surface area contributed by atoms with Gasteiger partial charge in [0.1, 0.15) is 18.6 Å². The Balaban J connectivity index is 0.000000634. The molecule has 1 aliphatic carbocycles. The lowest BCUT2D eigenvalue weighted by Gasteiger charge is -2.08. The van der Waals surface area contributed by atoms with E-state index in [1.165, 1.54) is 11.1 Å². The van der Waals surface area contributed by atoms with Crippen molar-refractivity contribution in [3.05, 3.63) is 64.5 Å². The van der Waals surface area contributed by atoms with Crippen LogP contribution in [-0.4, -0.2) is 43.3 Å². The number of thiazole rings is 1. The Morgan fingerprint density at radius 3 is 2.53 bits per heavy atom. The second-order valence-corrected chi connectivity index (χ2v) is 8.80. The van der Waals surface area contributed by atoms with E-state index in [0.29, 0.717) is 12.3 Å². The number of amides is 1. The van der Waals surface area contributed by atoms with Gasteiger partial charge in [-0.1, -0.05) is 36.4 Å². The van der Waals surface area contributed by atoms with Crippen LogP contribution in [0.3, 0.4) is 0 Å². The van der Waals surface area contributed by atoms with Gasteiger partial charge < -0.3 is 24.2 Å². The van der Waals surface area contributed by atoms with Gasteiger partial charge in [-0.15, -0.1) is 11.3 Å². The summed E-state index contributed by atoms with van der Waals surface area (Å²) in [5.41, 5.74) is 4.19. The molecule has 1 atom stereocenters. The van der Waals surface area contributed by atoms with Crippen LogP contribution in [0.25, 0.3) is 15.8 Å². The Hall–Kier alpha value is -3.43. The van der Waals surface area contributed by atoms with Gasteiger partial charge in [-0.05, 0) is 56.4 Å². The van der Waals surface area contributed by atoms with E-state index in [1.807, 2.05) is 39.6 Å². The molecule has 0 saturated heterocycles. The molecule has 1 aromatic carbocycles. The van der Waals surface area contributed by atoms with E-state index in [9.17, 15) is 4.79 Å². The molecule has 3 aromatic rings. The Bertz CT molecular complexity index is 1130. The van der Waals surface area contributed by atoms with Crippen molar-refractivity contribution in [3.63, 3.8) is 0 Å². The number of aryl methyl sites for hydroxylation is 1. The molecule has 0 saturated carbocycles.